The van der Waals surface area contributed by atoms with Crippen molar-refractivity contribution < 1.29 is 9.53 Å². The Kier molecular flexibility index (Phi) is 2.48. The average Bonchev–Trinajstić information content (AvgIpc) is 1.90. The molecule has 9 heavy (non-hydrogen) atoms. The lowest BCUT2D eigenvalue weighted by atomic mass is 10.3. The number of halogens is 1. The van der Waals surface area contributed by atoms with Crippen LogP contribution in [-0.2, 0) is 9.53 Å². The van der Waals surface area contributed by atoms with Crippen molar-refractivity contribution >= 4 is 21.8 Å². The SMILES string of the molecule is O=C1CO[C@@H](CBr)CN1. The van der Waals surface area contributed by atoms with Crippen molar-refractivity contribution in [2.45, 2.75) is 6.10 Å². The molecule has 0 unspecified atom stereocenters. The molecule has 3 nitrogen and oxygen atoms in total. The number of amides is 1. The molecule has 0 radical (unpaired) electrons. The van der Waals surface area contributed by atoms with Crippen LogP contribution in [0.3, 0.4) is 0 Å². The largest absolute Gasteiger partial charge is 0.366 e. The zero-order valence-electron chi connectivity index (χ0n) is 4.89. The van der Waals surface area contributed by atoms with Crippen molar-refractivity contribution in [3.8, 4) is 0 Å². The van der Waals surface area contributed by atoms with Crippen LogP contribution in [0.2, 0.25) is 0 Å². The summed E-state index contributed by atoms with van der Waals surface area (Å²) in [5.41, 5.74) is 0. The molecule has 0 bridgehead atoms. The summed E-state index contributed by atoms with van der Waals surface area (Å²) in [6.07, 6.45) is 0.155. The number of morpholine rings is 1. The summed E-state index contributed by atoms with van der Waals surface area (Å²) in [6.45, 7) is 0.834. The summed E-state index contributed by atoms with van der Waals surface area (Å²) in [7, 11) is 0. The van der Waals surface area contributed by atoms with E-state index in [0.717, 1.165) is 5.33 Å². The van der Waals surface area contributed by atoms with Crippen molar-refractivity contribution in [2.24, 2.45) is 0 Å². The first-order valence-electron chi connectivity index (χ1n) is 2.77. The molecule has 0 spiro atoms. The minimum Gasteiger partial charge on any atom is -0.366 e. The molecule has 1 fully saturated rings. The van der Waals surface area contributed by atoms with Crippen LogP contribution in [0.15, 0.2) is 0 Å². The summed E-state index contributed by atoms with van der Waals surface area (Å²) in [4.78, 5) is 10.5. The maximum absolute atomic E-state index is 10.5. The van der Waals surface area contributed by atoms with Crippen LogP contribution in [0, 0.1) is 0 Å². The summed E-state index contributed by atoms with van der Waals surface area (Å²) in [5.74, 6) is -0.0211. The van der Waals surface area contributed by atoms with Gasteiger partial charge in [0.15, 0.2) is 0 Å². The fraction of sp³-hybridized carbons (Fsp3) is 0.800. The second-order valence-electron chi connectivity index (χ2n) is 1.89. The normalized spacial score (nSPS) is 27.7. The van der Waals surface area contributed by atoms with Crippen molar-refractivity contribution in [3.63, 3.8) is 0 Å². The van der Waals surface area contributed by atoms with Gasteiger partial charge in [-0.3, -0.25) is 4.79 Å². The van der Waals surface area contributed by atoms with Crippen LogP contribution in [0.5, 0.6) is 0 Å². The minimum atomic E-state index is -0.0211. The lowest BCUT2D eigenvalue weighted by Gasteiger charge is -2.20. The highest BCUT2D eigenvalue weighted by molar-refractivity contribution is 9.09. The molecular weight excluding hydrogens is 186 g/mol. The first-order valence-corrected chi connectivity index (χ1v) is 3.89. The first-order chi connectivity index (χ1) is 4.33. The average molecular weight is 194 g/mol. The van der Waals surface area contributed by atoms with E-state index in [9.17, 15) is 4.79 Å². The second kappa shape index (κ2) is 3.17. The van der Waals surface area contributed by atoms with Crippen LogP contribution >= 0.6 is 15.9 Å². The van der Waals surface area contributed by atoms with Crippen molar-refractivity contribution in [1.29, 1.82) is 0 Å². The number of alkyl halides is 1. The Morgan fingerprint density at radius 2 is 2.67 bits per heavy atom. The Morgan fingerprint density at radius 3 is 3.11 bits per heavy atom. The molecule has 0 saturated carbocycles. The van der Waals surface area contributed by atoms with E-state index in [2.05, 4.69) is 21.2 Å². The molecular formula is C5H8BrNO2. The van der Waals surface area contributed by atoms with E-state index in [1.165, 1.54) is 0 Å². The van der Waals surface area contributed by atoms with Crippen LogP contribution in [0.4, 0.5) is 0 Å². The molecule has 1 rings (SSSR count). The monoisotopic (exact) mass is 193 g/mol. The maximum Gasteiger partial charge on any atom is 0.246 e. The smallest absolute Gasteiger partial charge is 0.246 e. The molecule has 0 aromatic carbocycles. The van der Waals surface area contributed by atoms with Crippen molar-refractivity contribution in [3.05, 3.63) is 0 Å². The Bertz CT molecular complexity index is 108. The summed E-state index contributed by atoms with van der Waals surface area (Å²) in [5, 5.41) is 3.47. The molecule has 1 aliphatic heterocycles. The number of ether oxygens (including phenoxy) is 1. The zero-order valence-corrected chi connectivity index (χ0v) is 6.48. The Hall–Kier alpha value is -0.0900. The summed E-state index contributed by atoms with van der Waals surface area (Å²) >= 11 is 3.25. The highest BCUT2D eigenvalue weighted by Gasteiger charge is 2.16. The van der Waals surface area contributed by atoms with Gasteiger partial charge < -0.3 is 10.1 Å². The molecule has 4 heteroatoms. The van der Waals surface area contributed by atoms with Gasteiger partial charge in [-0.2, -0.15) is 0 Å². The van der Waals surface area contributed by atoms with E-state index < -0.39 is 0 Å². The number of carbonyl (C=O) groups excluding carboxylic acids is 1. The quantitative estimate of drug-likeness (QED) is 0.591. The Balaban J connectivity index is 2.26. The van der Waals surface area contributed by atoms with Gasteiger partial charge in [0.1, 0.15) is 6.61 Å². The highest BCUT2D eigenvalue weighted by Crippen LogP contribution is 1.99. The predicted octanol–water partition coefficient (Wildman–Crippen LogP) is -0.104. The molecule has 1 heterocycles. The molecule has 1 aliphatic rings. The summed E-state index contributed by atoms with van der Waals surface area (Å²) in [6, 6.07) is 0. The second-order valence-corrected chi connectivity index (χ2v) is 2.54. The molecule has 1 amide bonds. The van der Waals surface area contributed by atoms with Gasteiger partial charge in [0.2, 0.25) is 5.91 Å². The van der Waals surface area contributed by atoms with E-state index >= 15 is 0 Å². The third kappa shape index (κ3) is 1.95. The van der Waals surface area contributed by atoms with Gasteiger partial charge in [-0.15, -0.1) is 0 Å². The van der Waals surface area contributed by atoms with Gasteiger partial charge in [-0.25, -0.2) is 0 Å². The third-order valence-electron chi connectivity index (χ3n) is 1.15. The van der Waals surface area contributed by atoms with E-state index in [1.807, 2.05) is 0 Å². The number of carbonyl (C=O) groups is 1. The van der Waals surface area contributed by atoms with E-state index in [1.54, 1.807) is 0 Å². The molecule has 1 atom stereocenters. The lowest BCUT2D eigenvalue weighted by Crippen LogP contribution is -2.43. The predicted molar refractivity (Wildman–Crippen MR) is 36.5 cm³/mol. The van der Waals surface area contributed by atoms with Gasteiger partial charge in [0.25, 0.3) is 0 Å². The van der Waals surface area contributed by atoms with Gasteiger partial charge in [-0.05, 0) is 0 Å². The lowest BCUT2D eigenvalue weighted by molar-refractivity contribution is -0.132. The fourth-order valence-electron chi connectivity index (χ4n) is 0.630. The first kappa shape index (κ1) is 7.02. The number of hydrogen-bond acceptors (Lipinski definition) is 2. The van der Waals surface area contributed by atoms with Crippen LogP contribution in [0.25, 0.3) is 0 Å². The summed E-state index contributed by atoms with van der Waals surface area (Å²) < 4.78 is 5.08. The fourth-order valence-corrected chi connectivity index (χ4v) is 1.05. The molecule has 0 aromatic rings. The number of hydrogen-bond donors (Lipinski definition) is 1. The number of rotatable bonds is 1. The van der Waals surface area contributed by atoms with Gasteiger partial charge in [-0.1, -0.05) is 15.9 Å². The molecule has 0 aromatic heterocycles. The minimum absolute atomic E-state index is 0.0211. The Labute approximate surface area is 61.9 Å². The molecule has 52 valence electrons. The van der Waals surface area contributed by atoms with Crippen LogP contribution in [-0.4, -0.2) is 30.5 Å². The van der Waals surface area contributed by atoms with Gasteiger partial charge >= 0.3 is 0 Å². The Morgan fingerprint density at radius 1 is 1.89 bits per heavy atom. The van der Waals surface area contributed by atoms with Crippen molar-refractivity contribution in [2.75, 3.05) is 18.5 Å². The van der Waals surface area contributed by atoms with Crippen LogP contribution in [0.1, 0.15) is 0 Å². The van der Waals surface area contributed by atoms with Crippen LogP contribution < -0.4 is 5.32 Å². The third-order valence-corrected chi connectivity index (χ3v) is 1.87. The number of nitrogens with one attached hydrogen (secondary N) is 1. The van der Waals surface area contributed by atoms with E-state index in [0.29, 0.717) is 6.54 Å². The van der Waals surface area contributed by atoms with Crippen molar-refractivity contribution in [1.82, 2.24) is 5.32 Å². The topological polar surface area (TPSA) is 38.3 Å². The van der Waals surface area contributed by atoms with Gasteiger partial charge in [0.05, 0.1) is 6.10 Å². The van der Waals surface area contributed by atoms with E-state index in [4.69, 9.17) is 4.74 Å². The molecule has 0 aliphatic carbocycles. The maximum atomic E-state index is 10.5. The van der Waals surface area contributed by atoms with E-state index in [-0.39, 0.29) is 18.6 Å². The molecule has 1 saturated heterocycles. The standard InChI is InChI=1S/C5H8BrNO2/c6-1-4-2-7-5(8)3-9-4/h4H,1-3H2,(H,7,8)/t4-/m0/s1. The highest BCUT2D eigenvalue weighted by atomic mass is 79.9. The zero-order chi connectivity index (χ0) is 6.69. The van der Waals surface area contributed by atoms with Gasteiger partial charge in [0, 0.05) is 11.9 Å². The molecule has 1 N–H and O–H groups in total.